The van der Waals surface area contributed by atoms with E-state index in [1.807, 2.05) is 18.2 Å². The highest BCUT2D eigenvalue weighted by atomic mass is 16.5. The Bertz CT molecular complexity index is 1060. The molecule has 1 aromatic heterocycles. The number of likely N-dealkylation sites (tertiary alicyclic amines) is 2. The van der Waals surface area contributed by atoms with Gasteiger partial charge < -0.3 is 9.30 Å². The molecule has 3 aliphatic heterocycles. The molecule has 2 aromatic rings. The Kier molecular flexibility index (Phi) is 5.56. The molecular formula is C25H30N4O2. The number of rotatable bonds is 5. The number of methoxy groups -OCH3 is 1. The van der Waals surface area contributed by atoms with E-state index in [0.29, 0.717) is 17.4 Å². The van der Waals surface area contributed by atoms with Gasteiger partial charge in [-0.15, -0.1) is 0 Å². The molecule has 1 aromatic carbocycles. The van der Waals surface area contributed by atoms with Gasteiger partial charge >= 0.3 is 0 Å². The van der Waals surface area contributed by atoms with Crippen LogP contribution >= 0.6 is 0 Å². The zero-order chi connectivity index (χ0) is 21.4. The van der Waals surface area contributed by atoms with E-state index >= 15 is 0 Å². The van der Waals surface area contributed by atoms with Crippen LogP contribution in [0.4, 0.5) is 0 Å². The highest BCUT2D eigenvalue weighted by molar-refractivity contribution is 5.42. The maximum Gasteiger partial charge on any atom is 0.255 e. The molecule has 0 spiro atoms. The molecular weight excluding hydrogens is 388 g/mol. The second-order valence-corrected chi connectivity index (χ2v) is 9.31. The van der Waals surface area contributed by atoms with Crippen molar-refractivity contribution < 1.29 is 4.74 Å². The topological polar surface area (TPSA) is 61.5 Å². The van der Waals surface area contributed by atoms with E-state index in [2.05, 4.69) is 32.6 Å². The van der Waals surface area contributed by atoms with Gasteiger partial charge in [0.15, 0.2) is 0 Å². The van der Waals surface area contributed by atoms with E-state index in [0.717, 1.165) is 69.1 Å². The molecule has 0 radical (unpaired) electrons. The van der Waals surface area contributed by atoms with Crippen molar-refractivity contribution in [1.82, 2.24) is 14.4 Å². The molecule has 0 amide bonds. The second-order valence-electron chi connectivity index (χ2n) is 9.31. The number of pyridine rings is 1. The minimum atomic E-state index is 0.223. The first-order valence-electron chi connectivity index (χ1n) is 11.4. The Balaban J connectivity index is 1.34. The van der Waals surface area contributed by atoms with Crippen LogP contribution in [0, 0.1) is 17.2 Å². The summed E-state index contributed by atoms with van der Waals surface area (Å²) in [5.41, 5.74) is 4.10. The predicted octanol–water partition coefficient (Wildman–Crippen LogP) is 2.94. The standard InChI is InChI=1S/C25H30N4O2/c1-31-24-11-18(12-26)4-5-20(24)15-28-13-19-10-22(17-28)23-7-6-21(25(30)29(23)14-19)16-27-8-2-3-9-27/h4-7,11,19,22H,2-3,8-10,13-17H2,1H3/t19-,22+/m0/s1. The SMILES string of the molecule is COc1cc(C#N)ccc1CN1C[C@@H]2C[C@H](C1)c1ccc(CN3CCCC3)c(=O)n1C2. The van der Waals surface area contributed by atoms with Crippen LogP contribution in [0.15, 0.2) is 35.1 Å². The number of nitriles is 1. The van der Waals surface area contributed by atoms with Crippen LogP contribution in [0.2, 0.25) is 0 Å². The Hall–Kier alpha value is -2.62. The lowest BCUT2D eigenvalue weighted by atomic mass is 9.82. The van der Waals surface area contributed by atoms with Crippen molar-refractivity contribution in [1.29, 1.82) is 5.26 Å². The molecule has 162 valence electrons. The fourth-order valence-electron chi connectivity index (χ4n) is 5.71. The number of hydrogen-bond acceptors (Lipinski definition) is 5. The Morgan fingerprint density at radius 3 is 2.58 bits per heavy atom. The van der Waals surface area contributed by atoms with Gasteiger partial charge in [-0.1, -0.05) is 12.1 Å². The van der Waals surface area contributed by atoms with Crippen molar-refractivity contribution in [2.24, 2.45) is 5.92 Å². The molecule has 4 heterocycles. The summed E-state index contributed by atoms with van der Waals surface area (Å²) in [5, 5.41) is 9.15. The molecule has 0 saturated carbocycles. The summed E-state index contributed by atoms with van der Waals surface area (Å²) in [6.45, 7) is 6.57. The molecule has 2 saturated heterocycles. The van der Waals surface area contributed by atoms with E-state index in [4.69, 9.17) is 10.00 Å². The van der Waals surface area contributed by atoms with Gasteiger partial charge in [0.2, 0.25) is 0 Å². The molecule has 3 aliphatic rings. The third-order valence-corrected chi connectivity index (χ3v) is 7.16. The Labute approximate surface area is 183 Å². The Morgan fingerprint density at radius 2 is 1.81 bits per heavy atom. The third kappa shape index (κ3) is 4.00. The summed E-state index contributed by atoms with van der Waals surface area (Å²) in [6.07, 6.45) is 3.65. The van der Waals surface area contributed by atoms with Gasteiger partial charge in [-0.25, -0.2) is 0 Å². The average Bonchev–Trinajstić information content (AvgIpc) is 3.29. The molecule has 2 atom stereocenters. The molecule has 31 heavy (non-hydrogen) atoms. The third-order valence-electron chi connectivity index (χ3n) is 7.16. The lowest BCUT2D eigenvalue weighted by Gasteiger charge is -2.43. The zero-order valence-electron chi connectivity index (χ0n) is 18.2. The van der Waals surface area contributed by atoms with E-state index in [1.54, 1.807) is 7.11 Å². The number of fused-ring (bicyclic) bond motifs is 4. The predicted molar refractivity (Wildman–Crippen MR) is 119 cm³/mol. The molecule has 6 heteroatoms. The van der Waals surface area contributed by atoms with Crippen molar-refractivity contribution in [3.63, 3.8) is 0 Å². The minimum Gasteiger partial charge on any atom is -0.496 e. The van der Waals surface area contributed by atoms with E-state index < -0.39 is 0 Å². The molecule has 6 nitrogen and oxygen atoms in total. The highest BCUT2D eigenvalue weighted by Gasteiger charge is 2.35. The van der Waals surface area contributed by atoms with Crippen LogP contribution in [-0.4, -0.2) is 47.7 Å². The molecule has 0 unspecified atom stereocenters. The lowest BCUT2D eigenvalue weighted by Crippen LogP contribution is -2.47. The number of aromatic nitrogens is 1. The lowest BCUT2D eigenvalue weighted by molar-refractivity contribution is 0.113. The molecule has 0 N–H and O–H groups in total. The number of nitrogens with zero attached hydrogens (tertiary/aromatic N) is 4. The zero-order valence-corrected chi connectivity index (χ0v) is 18.2. The van der Waals surface area contributed by atoms with Crippen molar-refractivity contribution >= 4 is 0 Å². The fourth-order valence-corrected chi connectivity index (χ4v) is 5.71. The number of benzene rings is 1. The summed E-state index contributed by atoms with van der Waals surface area (Å²) >= 11 is 0. The van der Waals surface area contributed by atoms with Crippen LogP contribution in [0.25, 0.3) is 0 Å². The maximum atomic E-state index is 13.2. The number of hydrogen-bond donors (Lipinski definition) is 0. The van der Waals surface area contributed by atoms with Crippen LogP contribution in [0.1, 0.15) is 47.6 Å². The van der Waals surface area contributed by atoms with Crippen molar-refractivity contribution in [2.45, 2.75) is 44.8 Å². The number of ether oxygens (including phenoxy) is 1. The maximum absolute atomic E-state index is 13.2. The van der Waals surface area contributed by atoms with E-state index in [1.165, 1.54) is 18.5 Å². The van der Waals surface area contributed by atoms with E-state index in [9.17, 15) is 4.79 Å². The van der Waals surface area contributed by atoms with Crippen LogP contribution in [-0.2, 0) is 19.6 Å². The van der Waals surface area contributed by atoms with Gasteiger partial charge in [-0.05, 0) is 56.5 Å². The summed E-state index contributed by atoms with van der Waals surface area (Å²) in [6, 6.07) is 12.1. The van der Waals surface area contributed by atoms with Gasteiger partial charge in [0.25, 0.3) is 5.56 Å². The molecule has 2 bridgehead atoms. The molecule has 0 aliphatic carbocycles. The molecule has 2 fully saturated rings. The first-order chi connectivity index (χ1) is 15.1. The quantitative estimate of drug-likeness (QED) is 0.747. The van der Waals surface area contributed by atoms with Crippen molar-refractivity contribution in [2.75, 3.05) is 33.3 Å². The normalized spacial score (nSPS) is 23.4. The van der Waals surface area contributed by atoms with Gasteiger partial charge in [0.1, 0.15) is 5.75 Å². The molecule has 5 rings (SSSR count). The summed E-state index contributed by atoms with van der Waals surface area (Å²) in [5.74, 6) is 1.67. The van der Waals surface area contributed by atoms with Gasteiger partial charge in [0.05, 0.1) is 18.7 Å². The van der Waals surface area contributed by atoms with Crippen molar-refractivity contribution in [3.8, 4) is 11.8 Å². The second kappa shape index (κ2) is 8.49. The van der Waals surface area contributed by atoms with E-state index in [-0.39, 0.29) is 5.56 Å². The minimum absolute atomic E-state index is 0.223. The summed E-state index contributed by atoms with van der Waals surface area (Å²) in [4.78, 5) is 18.1. The van der Waals surface area contributed by atoms with Crippen LogP contribution in [0.3, 0.4) is 0 Å². The van der Waals surface area contributed by atoms with Crippen LogP contribution in [0.5, 0.6) is 5.75 Å². The first-order valence-corrected chi connectivity index (χ1v) is 11.4. The highest BCUT2D eigenvalue weighted by Crippen LogP contribution is 2.36. The number of piperidine rings is 1. The summed E-state index contributed by atoms with van der Waals surface area (Å²) < 4.78 is 7.61. The van der Waals surface area contributed by atoms with Crippen molar-refractivity contribution in [3.05, 3.63) is 63.1 Å². The van der Waals surface area contributed by atoms with Gasteiger partial charge in [-0.2, -0.15) is 5.26 Å². The summed E-state index contributed by atoms with van der Waals surface area (Å²) in [7, 11) is 1.66. The van der Waals surface area contributed by atoms with Gasteiger partial charge in [-0.3, -0.25) is 14.6 Å². The van der Waals surface area contributed by atoms with Gasteiger partial charge in [0, 0.05) is 55.5 Å². The average molecular weight is 419 g/mol. The smallest absolute Gasteiger partial charge is 0.255 e. The largest absolute Gasteiger partial charge is 0.496 e. The Morgan fingerprint density at radius 1 is 1.03 bits per heavy atom. The fraction of sp³-hybridized carbons (Fsp3) is 0.520. The first kappa shape index (κ1) is 20.3. The van der Waals surface area contributed by atoms with Crippen LogP contribution < -0.4 is 10.3 Å². The monoisotopic (exact) mass is 418 g/mol.